The van der Waals surface area contributed by atoms with Crippen LogP contribution in [0.4, 0.5) is 0 Å². The van der Waals surface area contributed by atoms with Gasteiger partial charge in [-0.1, -0.05) is 13.3 Å². The Morgan fingerprint density at radius 1 is 1.09 bits per heavy atom. The molecule has 0 unspecified atom stereocenters. The van der Waals surface area contributed by atoms with Crippen LogP contribution < -0.4 is 0 Å². The minimum Gasteiger partial charge on any atom is -0.394 e. The monoisotopic (exact) mass is 164 g/mol. The maximum absolute atomic E-state index is 9.10. The summed E-state index contributed by atoms with van der Waals surface area (Å²) in [7, 11) is 0. The highest BCUT2D eigenvalue weighted by Crippen LogP contribution is 2.05. The molecule has 4 nitrogen and oxygen atoms in total. The van der Waals surface area contributed by atoms with Gasteiger partial charge in [-0.15, -0.1) is 0 Å². The van der Waals surface area contributed by atoms with Crippen LogP contribution in [0.1, 0.15) is 19.8 Å². The molecule has 0 spiro atoms. The second-order valence-corrected chi connectivity index (χ2v) is 2.60. The molecule has 0 amide bonds. The maximum Gasteiger partial charge on any atom is 0.108 e. The van der Waals surface area contributed by atoms with Gasteiger partial charge in [-0.05, 0) is 6.42 Å². The lowest BCUT2D eigenvalue weighted by Gasteiger charge is -2.20. The normalized spacial score (nSPS) is 19.4. The third kappa shape index (κ3) is 3.67. The van der Waals surface area contributed by atoms with Crippen LogP contribution in [-0.4, -0.2) is 45.3 Å². The molecule has 0 aromatic carbocycles. The van der Waals surface area contributed by atoms with E-state index in [9.17, 15) is 0 Å². The molecule has 0 saturated carbocycles. The second-order valence-electron chi connectivity index (χ2n) is 2.60. The van der Waals surface area contributed by atoms with E-state index < -0.39 is 24.9 Å². The van der Waals surface area contributed by atoms with Crippen LogP contribution >= 0.6 is 0 Å². The summed E-state index contributed by atoms with van der Waals surface area (Å²) in [6.45, 7) is 1.34. The Balaban J connectivity index is 3.70. The molecular formula is C7H16O4. The van der Waals surface area contributed by atoms with Gasteiger partial charge in [0, 0.05) is 0 Å². The van der Waals surface area contributed by atoms with Gasteiger partial charge < -0.3 is 20.4 Å². The van der Waals surface area contributed by atoms with E-state index in [-0.39, 0.29) is 0 Å². The lowest BCUT2D eigenvalue weighted by Crippen LogP contribution is -2.39. The molecule has 0 aliphatic carbocycles. The summed E-state index contributed by atoms with van der Waals surface area (Å²) in [5.74, 6) is 0. The van der Waals surface area contributed by atoms with Crippen molar-refractivity contribution in [3.63, 3.8) is 0 Å². The van der Waals surface area contributed by atoms with Gasteiger partial charge in [0.05, 0.1) is 12.7 Å². The quantitative estimate of drug-likeness (QED) is 0.414. The average Bonchev–Trinajstić information content (AvgIpc) is 2.02. The lowest BCUT2D eigenvalue weighted by atomic mass is 10.0. The summed E-state index contributed by atoms with van der Waals surface area (Å²) in [5.41, 5.74) is 0. The molecule has 11 heavy (non-hydrogen) atoms. The highest BCUT2D eigenvalue weighted by atomic mass is 16.4. The fourth-order valence-electron chi connectivity index (χ4n) is 0.831. The van der Waals surface area contributed by atoms with Gasteiger partial charge in [-0.25, -0.2) is 0 Å². The molecule has 3 atom stereocenters. The van der Waals surface area contributed by atoms with Crippen molar-refractivity contribution in [1.29, 1.82) is 0 Å². The van der Waals surface area contributed by atoms with E-state index in [1.165, 1.54) is 0 Å². The van der Waals surface area contributed by atoms with Gasteiger partial charge in [0.2, 0.25) is 0 Å². The van der Waals surface area contributed by atoms with Gasteiger partial charge in [0.25, 0.3) is 0 Å². The van der Waals surface area contributed by atoms with Gasteiger partial charge in [0.15, 0.2) is 0 Å². The first-order valence-electron chi connectivity index (χ1n) is 3.78. The second kappa shape index (κ2) is 5.49. The van der Waals surface area contributed by atoms with Crippen LogP contribution in [0.25, 0.3) is 0 Å². The Morgan fingerprint density at radius 2 is 1.64 bits per heavy atom. The van der Waals surface area contributed by atoms with Crippen molar-refractivity contribution in [2.45, 2.75) is 38.1 Å². The number of aliphatic hydroxyl groups excluding tert-OH is 4. The Bertz CT molecular complexity index is 96.4. The topological polar surface area (TPSA) is 80.9 Å². The van der Waals surface area contributed by atoms with E-state index in [1.807, 2.05) is 6.92 Å². The first-order chi connectivity index (χ1) is 5.13. The van der Waals surface area contributed by atoms with Gasteiger partial charge >= 0.3 is 0 Å². The Kier molecular flexibility index (Phi) is 5.41. The predicted octanol–water partition coefficient (Wildman–Crippen LogP) is -1.14. The summed E-state index contributed by atoms with van der Waals surface area (Å²) in [4.78, 5) is 0. The third-order valence-corrected chi connectivity index (χ3v) is 1.56. The Labute approximate surface area is 66.1 Å². The largest absolute Gasteiger partial charge is 0.394 e. The van der Waals surface area contributed by atoms with Crippen molar-refractivity contribution in [3.8, 4) is 0 Å². The van der Waals surface area contributed by atoms with Crippen molar-refractivity contribution in [2.75, 3.05) is 6.61 Å². The molecule has 0 bridgehead atoms. The molecule has 0 radical (unpaired) electrons. The van der Waals surface area contributed by atoms with Crippen molar-refractivity contribution in [2.24, 2.45) is 0 Å². The molecule has 4 N–H and O–H groups in total. The molecule has 4 heteroatoms. The number of hydrogen-bond acceptors (Lipinski definition) is 4. The third-order valence-electron chi connectivity index (χ3n) is 1.56. The molecule has 68 valence electrons. The van der Waals surface area contributed by atoms with Crippen LogP contribution in [0.3, 0.4) is 0 Å². The fraction of sp³-hybridized carbons (Fsp3) is 1.00. The predicted molar refractivity (Wildman–Crippen MR) is 40.0 cm³/mol. The summed E-state index contributed by atoms with van der Waals surface area (Å²) < 4.78 is 0. The van der Waals surface area contributed by atoms with Crippen LogP contribution in [0.15, 0.2) is 0 Å². The van der Waals surface area contributed by atoms with E-state index in [0.29, 0.717) is 6.42 Å². The first kappa shape index (κ1) is 10.8. The van der Waals surface area contributed by atoms with Gasteiger partial charge in [-0.2, -0.15) is 0 Å². The zero-order valence-electron chi connectivity index (χ0n) is 6.64. The number of aliphatic hydroxyl groups is 4. The van der Waals surface area contributed by atoms with E-state index in [4.69, 9.17) is 20.4 Å². The standard InChI is InChI=1S/C7H16O4/c1-2-3-5(9)7(11)6(10)4-8/h5-11H,2-4H2,1H3/t5-,6+,7-/m0/s1. The Morgan fingerprint density at radius 3 is 2.00 bits per heavy atom. The minimum atomic E-state index is -1.24. The molecule has 0 aliphatic heterocycles. The van der Waals surface area contributed by atoms with E-state index >= 15 is 0 Å². The van der Waals surface area contributed by atoms with Crippen LogP contribution in [-0.2, 0) is 0 Å². The van der Waals surface area contributed by atoms with Crippen molar-refractivity contribution >= 4 is 0 Å². The smallest absolute Gasteiger partial charge is 0.108 e. The molecule has 0 aliphatic rings. The highest BCUT2D eigenvalue weighted by molar-refractivity contribution is 4.73. The summed E-state index contributed by atoms with van der Waals surface area (Å²) in [6.07, 6.45) is -2.26. The van der Waals surface area contributed by atoms with Gasteiger partial charge in [0.1, 0.15) is 12.2 Å². The number of rotatable bonds is 5. The van der Waals surface area contributed by atoms with Gasteiger partial charge in [-0.3, -0.25) is 0 Å². The number of hydrogen-bond donors (Lipinski definition) is 4. The van der Waals surface area contributed by atoms with Crippen molar-refractivity contribution < 1.29 is 20.4 Å². The van der Waals surface area contributed by atoms with Crippen molar-refractivity contribution in [3.05, 3.63) is 0 Å². The molecule has 0 heterocycles. The van der Waals surface area contributed by atoms with E-state index in [0.717, 1.165) is 6.42 Å². The molecule has 0 aromatic heterocycles. The van der Waals surface area contributed by atoms with Crippen LogP contribution in [0.2, 0.25) is 0 Å². The van der Waals surface area contributed by atoms with Crippen molar-refractivity contribution in [1.82, 2.24) is 0 Å². The average molecular weight is 164 g/mol. The molecule has 0 aromatic rings. The van der Waals surface area contributed by atoms with Crippen LogP contribution in [0.5, 0.6) is 0 Å². The first-order valence-corrected chi connectivity index (χ1v) is 3.78. The SMILES string of the molecule is CCC[C@H](O)[C@H](O)[C@H](O)CO. The Hall–Kier alpha value is -0.160. The molecule has 0 saturated heterocycles. The highest BCUT2D eigenvalue weighted by Gasteiger charge is 2.22. The maximum atomic E-state index is 9.10. The molecule has 0 fully saturated rings. The fourth-order valence-corrected chi connectivity index (χ4v) is 0.831. The molecular weight excluding hydrogens is 148 g/mol. The lowest BCUT2D eigenvalue weighted by molar-refractivity contribution is -0.0782. The summed E-state index contributed by atoms with van der Waals surface area (Å²) in [6, 6.07) is 0. The molecule has 0 rings (SSSR count). The van der Waals surface area contributed by atoms with Crippen LogP contribution in [0, 0.1) is 0 Å². The zero-order chi connectivity index (χ0) is 8.85. The summed E-state index contributed by atoms with van der Waals surface area (Å²) >= 11 is 0. The summed E-state index contributed by atoms with van der Waals surface area (Å²) in [5, 5.41) is 35.4. The minimum absolute atomic E-state index is 0.429. The van der Waals surface area contributed by atoms with E-state index in [2.05, 4.69) is 0 Å². The van der Waals surface area contributed by atoms with E-state index in [1.54, 1.807) is 0 Å². The zero-order valence-corrected chi connectivity index (χ0v) is 6.64.